The lowest BCUT2D eigenvalue weighted by Gasteiger charge is -2.10. The molecule has 13 aromatic rings. The molecule has 0 atom stereocenters. The molecular formula is C58H36N2S. The van der Waals surface area contributed by atoms with Crippen molar-refractivity contribution in [2.75, 3.05) is 0 Å². The van der Waals surface area contributed by atoms with Crippen LogP contribution in [0, 0.1) is 0 Å². The molecule has 0 fully saturated rings. The van der Waals surface area contributed by atoms with Gasteiger partial charge in [0.25, 0.3) is 0 Å². The van der Waals surface area contributed by atoms with Gasteiger partial charge in [-0.25, -0.2) is 0 Å². The molecule has 0 aliphatic heterocycles. The van der Waals surface area contributed by atoms with Crippen LogP contribution < -0.4 is 0 Å². The van der Waals surface area contributed by atoms with E-state index < -0.39 is 0 Å². The molecule has 0 saturated carbocycles. The summed E-state index contributed by atoms with van der Waals surface area (Å²) in [6.45, 7) is 0. The summed E-state index contributed by atoms with van der Waals surface area (Å²) in [5.74, 6) is 0. The summed E-state index contributed by atoms with van der Waals surface area (Å²) in [4.78, 5) is 0. The molecule has 61 heavy (non-hydrogen) atoms. The van der Waals surface area contributed by atoms with E-state index in [9.17, 15) is 0 Å². The second-order valence-corrected chi connectivity index (χ2v) is 17.2. The molecule has 0 aliphatic carbocycles. The number of rotatable bonds is 5. The minimum absolute atomic E-state index is 1.15. The molecule has 0 radical (unpaired) electrons. The molecule has 0 saturated heterocycles. The normalized spacial score (nSPS) is 11.9. The fraction of sp³-hybridized carbons (Fsp3) is 0. The molecule has 0 unspecified atom stereocenters. The van der Waals surface area contributed by atoms with Gasteiger partial charge in [0.15, 0.2) is 0 Å². The summed E-state index contributed by atoms with van der Waals surface area (Å²) in [6, 6.07) is 80.5. The van der Waals surface area contributed by atoms with Crippen molar-refractivity contribution in [3.8, 4) is 44.8 Å². The van der Waals surface area contributed by atoms with Crippen molar-refractivity contribution >= 4 is 85.9 Å². The van der Waals surface area contributed by atoms with Crippen LogP contribution in [0.15, 0.2) is 218 Å². The first kappa shape index (κ1) is 34.2. The molecule has 0 N–H and O–H groups in total. The van der Waals surface area contributed by atoms with Crippen LogP contribution >= 0.6 is 11.3 Å². The van der Waals surface area contributed by atoms with Crippen LogP contribution in [0.25, 0.3) is 119 Å². The first-order chi connectivity index (χ1) is 30.2. The Morgan fingerprint density at radius 1 is 0.246 bits per heavy atom. The summed E-state index contributed by atoms with van der Waals surface area (Å²) in [5, 5.41) is 10.2. The maximum Gasteiger partial charge on any atom is 0.0541 e. The van der Waals surface area contributed by atoms with Gasteiger partial charge in [-0.1, -0.05) is 133 Å². The van der Waals surface area contributed by atoms with Gasteiger partial charge in [-0.3, -0.25) is 0 Å². The van der Waals surface area contributed by atoms with E-state index >= 15 is 0 Å². The van der Waals surface area contributed by atoms with Gasteiger partial charge in [0.05, 0.1) is 22.1 Å². The quantitative estimate of drug-likeness (QED) is 0.164. The lowest BCUT2D eigenvalue weighted by Crippen LogP contribution is -1.94. The van der Waals surface area contributed by atoms with Crippen molar-refractivity contribution < 1.29 is 0 Å². The smallest absolute Gasteiger partial charge is 0.0541 e. The highest BCUT2D eigenvalue weighted by atomic mass is 32.1. The Bertz CT molecular complexity index is 3860. The zero-order chi connectivity index (χ0) is 40.0. The average molecular weight is 793 g/mol. The lowest BCUT2D eigenvalue weighted by atomic mass is 9.99. The van der Waals surface area contributed by atoms with Crippen molar-refractivity contribution in [3.05, 3.63) is 218 Å². The Kier molecular flexibility index (Phi) is 7.51. The molecule has 3 aromatic heterocycles. The highest BCUT2D eigenvalue weighted by Gasteiger charge is 2.17. The Morgan fingerprint density at radius 2 is 0.705 bits per heavy atom. The van der Waals surface area contributed by atoms with E-state index in [2.05, 4.69) is 228 Å². The van der Waals surface area contributed by atoms with Gasteiger partial charge in [0.2, 0.25) is 0 Å². The molecule has 10 aromatic carbocycles. The zero-order valence-electron chi connectivity index (χ0n) is 33.1. The lowest BCUT2D eigenvalue weighted by molar-refractivity contribution is 1.18. The van der Waals surface area contributed by atoms with Crippen LogP contribution in [0.4, 0.5) is 0 Å². The van der Waals surface area contributed by atoms with Gasteiger partial charge in [0, 0.05) is 53.1 Å². The second kappa shape index (κ2) is 13.4. The highest BCUT2D eigenvalue weighted by Crippen LogP contribution is 2.41. The fourth-order valence-corrected chi connectivity index (χ4v) is 10.9. The number of thiophene rings is 1. The van der Waals surface area contributed by atoms with Gasteiger partial charge >= 0.3 is 0 Å². The Morgan fingerprint density at radius 3 is 1.41 bits per heavy atom. The molecular weight excluding hydrogens is 757 g/mol. The molecule has 0 amide bonds. The minimum atomic E-state index is 1.15. The van der Waals surface area contributed by atoms with Crippen LogP contribution in [0.3, 0.4) is 0 Å². The third kappa shape index (κ3) is 5.41. The van der Waals surface area contributed by atoms with Crippen molar-refractivity contribution in [3.63, 3.8) is 0 Å². The number of hydrogen-bond donors (Lipinski definition) is 0. The van der Waals surface area contributed by atoms with Crippen LogP contribution in [0.1, 0.15) is 0 Å². The van der Waals surface area contributed by atoms with Crippen molar-refractivity contribution in [1.82, 2.24) is 9.13 Å². The van der Waals surface area contributed by atoms with E-state index in [-0.39, 0.29) is 0 Å². The molecule has 2 nitrogen and oxygen atoms in total. The maximum absolute atomic E-state index is 2.41. The summed E-state index contributed by atoms with van der Waals surface area (Å²) in [7, 11) is 0. The number of fused-ring (bicyclic) bond motifs is 10. The number of para-hydroxylation sites is 2. The van der Waals surface area contributed by atoms with Crippen LogP contribution in [-0.2, 0) is 0 Å². The Labute approximate surface area is 356 Å². The van der Waals surface area contributed by atoms with Crippen molar-refractivity contribution in [2.45, 2.75) is 0 Å². The predicted octanol–water partition coefficient (Wildman–Crippen LogP) is 16.4. The summed E-state index contributed by atoms with van der Waals surface area (Å²) in [6.07, 6.45) is 0. The Hall–Kier alpha value is -7.72. The molecule has 13 rings (SSSR count). The summed E-state index contributed by atoms with van der Waals surface area (Å²) < 4.78 is 7.48. The minimum Gasteiger partial charge on any atom is -0.309 e. The number of nitrogens with zero attached hydrogens (tertiary/aromatic N) is 2. The zero-order valence-corrected chi connectivity index (χ0v) is 33.9. The highest BCUT2D eigenvalue weighted by molar-refractivity contribution is 7.25. The number of benzene rings is 10. The molecule has 3 heterocycles. The predicted molar refractivity (Wildman–Crippen MR) is 262 cm³/mol. The summed E-state index contributed by atoms with van der Waals surface area (Å²) >= 11 is 1.87. The van der Waals surface area contributed by atoms with Crippen LogP contribution in [-0.4, -0.2) is 9.13 Å². The topological polar surface area (TPSA) is 9.86 Å². The van der Waals surface area contributed by atoms with E-state index in [4.69, 9.17) is 0 Å². The van der Waals surface area contributed by atoms with Crippen LogP contribution in [0.5, 0.6) is 0 Å². The first-order valence-corrected chi connectivity index (χ1v) is 21.7. The largest absolute Gasteiger partial charge is 0.309 e. The van der Waals surface area contributed by atoms with E-state index in [0.29, 0.717) is 0 Å². The third-order valence-corrected chi connectivity index (χ3v) is 13.8. The second-order valence-electron chi connectivity index (χ2n) is 16.1. The fourth-order valence-electron chi connectivity index (χ4n) is 9.75. The van der Waals surface area contributed by atoms with Gasteiger partial charge in [-0.05, 0) is 129 Å². The molecule has 0 spiro atoms. The van der Waals surface area contributed by atoms with Gasteiger partial charge in [-0.15, -0.1) is 11.3 Å². The molecule has 284 valence electrons. The van der Waals surface area contributed by atoms with Gasteiger partial charge in [0.1, 0.15) is 0 Å². The average Bonchev–Trinajstić information content (AvgIpc) is 3.98. The number of aromatic nitrogens is 2. The van der Waals surface area contributed by atoms with E-state index in [0.717, 1.165) is 11.4 Å². The third-order valence-electron chi connectivity index (χ3n) is 12.7. The maximum atomic E-state index is 2.41. The molecule has 0 aliphatic rings. The standard InChI is InChI=1S/C58H36N2S/c1-2-12-45(13-3-1)59-55-30-24-42(34-51(55)52-35-43(25-31-56(52)59)44-22-28-49-48-15-7-9-17-57(48)61-58(49)36-44)41-23-29-54-50(33-41)47-14-6-8-16-53(47)60(54)46-26-20-38(21-27-46)40-19-18-37-10-4-5-11-39(37)32-40/h1-36H. The van der Waals surface area contributed by atoms with Gasteiger partial charge < -0.3 is 9.13 Å². The van der Waals surface area contributed by atoms with E-state index in [1.54, 1.807) is 0 Å². The SMILES string of the molecule is c1ccc(-n2c3ccc(-c4ccc5c(c4)sc4ccccc45)cc3c3cc(-c4ccc5c(c4)c4ccccc4n5-c4ccc(-c5ccc6ccccc6c5)cc4)ccc32)cc1. The van der Waals surface area contributed by atoms with Gasteiger partial charge in [-0.2, -0.15) is 0 Å². The van der Waals surface area contributed by atoms with E-state index in [1.807, 2.05) is 11.3 Å². The summed E-state index contributed by atoms with van der Waals surface area (Å²) in [5.41, 5.74) is 14.4. The van der Waals surface area contributed by atoms with Crippen molar-refractivity contribution in [1.29, 1.82) is 0 Å². The molecule has 0 bridgehead atoms. The van der Waals surface area contributed by atoms with Crippen molar-refractivity contribution in [2.24, 2.45) is 0 Å². The Balaban J connectivity index is 0.938. The number of hydrogen-bond acceptors (Lipinski definition) is 1. The molecule has 3 heteroatoms. The first-order valence-electron chi connectivity index (χ1n) is 20.9. The monoisotopic (exact) mass is 792 g/mol. The van der Waals surface area contributed by atoms with E-state index in [1.165, 1.54) is 108 Å². The van der Waals surface area contributed by atoms with Crippen LogP contribution in [0.2, 0.25) is 0 Å².